The van der Waals surface area contributed by atoms with E-state index in [-0.39, 0.29) is 26.1 Å². The summed E-state index contributed by atoms with van der Waals surface area (Å²) in [6.45, 7) is 2.52. The fourth-order valence-corrected chi connectivity index (χ4v) is 2.21. The Kier molecular flexibility index (Phi) is 6.04. The van der Waals surface area contributed by atoms with Gasteiger partial charge >= 0.3 is 12.0 Å². The van der Waals surface area contributed by atoms with Gasteiger partial charge in [-0.25, -0.2) is 9.59 Å². The molecule has 19 heavy (non-hydrogen) atoms. The van der Waals surface area contributed by atoms with Crippen LogP contribution in [-0.4, -0.2) is 75.5 Å². The van der Waals surface area contributed by atoms with Crippen molar-refractivity contribution >= 4 is 12.0 Å². The van der Waals surface area contributed by atoms with Crippen LogP contribution in [0.2, 0.25) is 0 Å². The number of hydrogen-bond acceptors (Lipinski definition) is 4. The van der Waals surface area contributed by atoms with Crippen molar-refractivity contribution in [1.82, 2.24) is 9.80 Å². The second-order valence-electron chi connectivity index (χ2n) is 4.74. The predicted octanol–water partition coefficient (Wildman–Crippen LogP) is -0.279. The molecule has 1 heterocycles. The monoisotopic (exact) mass is 274 g/mol. The minimum absolute atomic E-state index is 0.0316. The number of rotatable bonds is 6. The van der Waals surface area contributed by atoms with E-state index >= 15 is 0 Å². The van der Waals surface area contributed by atoms with Crippen molar-refractivity contribution in [2.75, 3.05) is 26.2 Å². The summed E-state index contributed by atoms with van der Waals surface area (Å²) >= 11 is 0. The van der Waals surface area contributed by atoms with Gasteiger partial charge in [-0.2, -0.15) is 0 Å². The summed E-state index contributed by atoms with van der Waals surface area (Å²) in [5.74, 6) is -1.11. The zero-order valence-electron chi connectivity index (χ0n) is 11.2. The van der Waals surface area contributed by atoms with Crippen molar-refractivity contribution in [1.29, 1.82) is 0 Å². The highest BCUT2D eigenvalue weighted by Crippen LogP contribution is 2.20. The highest BCUT2D eigenvalue weighted by atomic mass is 16.4. The van der Waals surface area contributed by atoms with Crippen LogP contribution in [0.3, 0.4) is 0 Å². The third kappa shape index (κ3) is 4.07. The van der Waals surface area contributed by atoms with E-state index in [9.17, 15) is 14.7 Å². The summed E-state index contributed by atoms with van der Waals surface area (Å²) in [5.41, 5.74) is 0. The van der Waals surface area contributed by atoms with E-state index < -0.39 is 24.1 Å². The van der Waals surface area contributed by atoms with Crippen LogP contribution in [0.1, 0.15) is 26.2 Å². The molecule has 2 atom stereocenters. The van der Waals surface area contributed by atoms with Crippen LogP contribution in [-0.2, 0) is 4.79 Å². The first-order chi connectivity index (χ1) is 9.01. The Hall–Kier alpha value is -1.34. The van der Waals surface area contributed by atoms with Crippen molar-refractivity contribution in [3.8, 4) is 0 Å². The number of nitrogens with zero attached hydrogens (tertiary/aromatic N) is 2. The van der Waals surface area contributed by atoms with Gasteiger partial charge in [0, 0.05) is 26.1 Å². The maximum Gasteiger partial charge on any atom is 0.326 e. The third-order valence-corrected chi connectivity index (χ3v) is 3.23. The van der Waals surface area contributed by atoms with Gasteiger partial charge < -0.3 is 25.1 Å². The summed E-state index contributed by atoms with van der Waals surface area (Å²) < 4.78 is 0. The Balaban J connectivity index is 2.73. The fraction of sp³-hybridized carbons (Fsp3) is 0.833. The molecule has 0 saturated carbocycles. The van der Waals surface area contributed by atoms with Gasteiger partial charge in [0.2, 0.25) is 0 Å². The maximum atomic E-state index is 12.3. The first-order valence-electron chi connectivity index (χ1n) is 6.58. The second-order valence-corrected chi connectivity index (χ2v) is 4.74. The lowest BCUT2D eigenvalue weighted by molar-refractivity contribution is -0.141. The molecule has 0 bridgehead atoms. The summed E-state index contributed by atoms with van der Waals surface area (Å²) in [7, 11) is 0. The molecule has 0 spiro atoms. The molecule has 0 aromatic carbocycles. The first kappa shape index (κ1) is 15.7. The van der Waals surface area contributed by atoms with Gasteiger partial charge in [-0.1, -0.05) is 13.3 Å². The maximum absolute atomic E-state index is 12.3. The van der Waals surface area contributed by atoms with E-state index in [4.69, 9.17) is 10.2 Å². The molecule has 2 unspecified atom stereocenters. The minimum Gasteiger partial charge on any atom is -0.480 e. The SMILES string of the molecule is CCCCN(CCO)C(=O)N1CC(O)CC1C(=O)O. The summed E-state index contributed by atoms with van der Waals surface area (Å²) in [5, 5.41) is 27.6. The molecule has 1 fully saturated rings. The number of carboxylic acids is 1. The van der Waals surface area contributed by atoms with Crippen molar-refractivity contribution in [3.05, 3.63) is 0 Å². The lowest BCUT2D eigenvalue weighted by Crippen LogP contribution is -2.49. The van der Waals surface area contributed by atoms with E-state index in [1.165, 1.54) is 9.80 Å². The average Bonchev–Trinajstić information content (AvgIpc) is 2.76. The average molecular weight is 274 g/mol. The van der Waals surface area contributed by atoms with Crippen LogP contribution in [0.5, 0.6) is 0 Å². The van der Waals surface area contributed by atoms with Crippen molar-refractivity contribution in [2.45, 2.75) is 38.3 Å². The fourth-order valence-electron chi connectivity index (χ4n) is 2.21. The molecule has 1 aliphatic rings. The number of unbranched alkanes of at least 4 members (excludes halogenated alkanes) is 1. The number of urea groups is 1. The van der Waals surface area contributed by atoms with Crippen LogP contribution < -0.4 is 0 Å². The van der Waals surface area contributed by atoms with E-state index in [1.54, 1.807) is 0 Å². The number of carboxylic acid groups (broad SMARTS) is 1. The van der Waals surface area contributed by atoms with Gasteiger partial charge in [0.15, 0.2) is 0 Å². The van der Waals surface area contributed by atoms with Gasteiger partial charge in [-0.3, -0.25) is 0 Å². The Labute approximate surface area is 112 Å². The number of aliphatic carboxylic acids is 1. The zero-order chi connectivity index (χ0) is 14.4. The van der Waals surface area contributed by atoms with Crippen LogP contribution >= 0.6 is 0 Å². The highest BCUT2D eigenvalue weighted by Gasteiger charge is 2.40. The quantitative estimate of drug-likeness (QED) is 0.618. The van der Waals surface area contributed by atoms with E-state index in [0.717, 1.165) is 12.8 Å². The second kappa shape index (κ2) is 7.30. The number of β-amino-alcohol motifs (C(OH)–C–C–N with tert-alkyl or cyclic N) is 1. The Morgan fingerprint density at radius 3 is 2.58 bits per heavy atom. The van der Waals surface area contributed by atoms with Crippen LogP contribution in [0.25, 0.3) is 0 Å². The lowest BCUT2D eigenvalue weighted by Gasteiger charge is -2.29. The molecule has 0 aromatic heterocycles. The molecule has 110 valence electrons. The number of hydrogen-bond donors (Lipinski definition) is 3. The van der Waals surface area contributed by atoms with Crippen molar-refractivity contribution < 1.29 is 24.9 Å². The molecule has 7 nitrogen and oxygen atoms in total. The predicted molar refractivity (Wildman–Crippen MR) is 67.7 cm³/mol. The zero-order valence-corrected chi connectivity index (χ0v) is 11.2. The molecule has 0 aromatic rings. The normalized spacial score (nSPS) is 22.6. The van der Waals surface area contributed by atoms with Crippen LogP contribution in [0.15, 0.2) is 0 Å². The standard InChI is InChI=1S/C12H22N2O5/c1-2-3-4-13(5-6-15)12(19)14-8-9(16)7-10(14)11(17)18/h9-10,15-16H,2-8H2,1H3,(H,17,18). The summed E-state index contributed by atoms with van der Waals surface area (Å²) in [6.07, 6.45) is 0.953. The largest absolute Gasteiger partial charge is 0.480 e. The number of aliphatic hydroxyl groups is 2. The number of aliphatic hydroxyl groups excluding tert-OH is 2. The van der Waals surface area contributed by atoms with Gasteiger partial charge in [0.1, 0.15) is 6.04 Å². The number of amides is 2. The van der Waals surface area contributed by atoms with Crippen molar-refractivity contribution in [3.63, 3.8) is 0 Å². The molecule has 1 aliphatic heterocycles. The molecular weight excluding hydrogens is 252 g/mol. The number of carbonyl (C=O) groups excluding carboxylic acids is 1. The van der Waals surface area contributed by atoms with E-state index in [0.29, 0.717) is 6.54 Å². The van der Waals surface area contributed by atoms with E-state index in [2.05, 4.69) is 0 Å². The van der Waals surface area contributed by atoms with Gasteiger partial charge in [-0.05, 0) is 6.42 Å². The molecule has 1 rings (SSSR count). The Morgan fingerprint density at radius 2 is 2.05 bits per heavy atom. The molecule has 0 aliphatic carbocycles. The smallest absolute Gasteiger partial charge is 0.326 e. The summed E-state index contributed by atoms with van der Waals surface area (Å²) in [4.78, 5) is 26.0. The highest BCUT2D eigenvalue weighted by molar-refractivity contribution is 5.83. The van der Waals surface area contributed by atoms with Gasteiger partial charge in [-0.15, -0.1) is 0 Å². The van der Waals surface area contributed by atoms with Crippen LogP contribution in [0.4, 0.5) is 4.79 Å². The first-order valence-corrected chi connectivity index (χ1v) is 6.58. The van der Waals surface area contributed by atoms with E-state index in [1.807, 2.05) is 6.92 Å². The minimum atomic E-state index is -1.11. The molecule has 0 radical (unpaired) electrons. The summed E-state index contributed by atoms with van der Waals surface area (Å²) in [6, 6.07) is -1.41. The van der Waals surface area contributed by atoms with Gasteiger partial charge in [0.25, 0.3) is 0 Å². The Morgan fingerprint density at radius 1 is 1.37 bits per heavy atom. The number of carbonyl (C=O) groups is 2. The molecule has 1 saturated heterocycles. The Bertz CT molecular complexity index is 323. The van der Waals surface area contributed by atoms with Crippen LogP contribution in [0, 0.1) is 0 Å². The number of likely N-dealkylation sites (tertiary alicyclic amines) is 1. The topological polar surface area (TPSA) is 101 Å². The molecule has 3 N–H and O–H groups in total. The lowest BCUT2D eigenvalue weighted by atomic mass is 10.2. The molecular formula is C12H22N2O5. The third-order valence-electron chi connectivity index (χ3n) is 3.23. The van der Waals surface area contributed by atoms with Crippen molar-refractivity contribution in [2.24, 2.45) is 0 Å². The molecule has 2 amide bonds. The van der Waals surface area contributed by atoms with Gasteiger partial charge in [0.05, 0.1) is 12.7 Å². The molecule has 7 heteroatoms.